The fraction of sp³-hybridized carbons (Fsp3) is 0.452. The van der Waals surface area contributed by atoms with Gasteiger partial charge in [-0.3, -0.25) is 4.79 Å². The number of amides is 1. The van der Waals surface area contributed by atoms with Crippen LogP contribution in [0.3, 0.4) is 0 Å². The van der Waals surface area contributed by atoms with Crippen LogP contribution >= 0.6 is 0 Å². The molecule has 4 heteroatoms. The molecule has 1 aromatic heterocycles. The van der Waals surface area contributed by atoms with Crippen molar-refractivity contribution in [2.75, 3.05) is 19.6 Å². The average molecular weight is 472 g/mol. The summed E-state index contributed by atoms with van der Waals surface area (Å²) in [5.74, 6) is 0.737. The Kier molecular flexibility index (Phi) is 8.46. The Labute approximate surface area is 211 Å². The van der Waals surface area contributed by atoms with Gasteiger partial charge in [-0.05, 0) is 106 Å². The number of fused-ring (bicyclic) bond motifs is 1. The number of benzene rings is 2. The lowest BCUT2D eigenvalue weighted by Gasteiger charge is -2.21. The van der Waals surface area contributed by atoms with Gasteiger partial charge in [0.2, 0.25) is 0 Å². The van der Waals surface area contributed by atoms with Crippen LogP contribution in [-0.2, 0) is 12.8 Å². The first-order valence-corrected chi connectivity index (χ1v) is 13.4. The first-order valence-electron chi connectivity index (χ1n) is 13.4. The van der Waals surface area contributed by atoms with E-state index in [1.54, 1.807) is 0 Å². The van der Waals surface area contributed by atoms with E-state index in [0.717, 1.165) is 62.5 Å². The second kappa shape index (κ2) is 11.7. The summed E-state index contributed by atoms with van der Waals surface area (Å²) in [5, 5.41) is 3.19. The van der Waals surface area contributed by atoms with Crippen LogP contribution in [0.5, 0.6) is 0 Å². The summed E-state index contributed by atoms with van der Waals surface area (Å²) in [6, 6.07) is 21.3. The van der Waals surface area contributed by atoms with E-state index in [1.807, 2.05) is 12.1 Å². The van der Waals surface area contributed by atoms with Crippen molar-refractivity contribution in [1.82, 2.24) is 14.8 Å². The lowest BCUT2D eigenvalue weighted by atomic mass is 9.89. The van der Waals surface area contributed by atoms with E-state index in [1.165, 1.54) is 28.9 Å². The molecule has 186 valence electrons. The molecule has 0 spiro atoms. The van der Waals surface area contributed by atoms with Gasteiger partial charge in [-0.25, -0.2) is 0 Å². The van der Waals surface area contributed by atoms with Crippen LogP contribution in [0.1, 0.15) is 68.6 Å². The van der Waals surface area contributed by atoms with Crippen molar-refractivity contribution < 1.29 is 4.79 Å². The average Bonchev–Trinajstić information content (AvgIpc) is 3.25. The highest BCUT2D eigenvalue weighted by Crippen LogP contribution is 2.35. The minimum absolute atomic E-state index is 0.0125. The van der Waals surface area contributed by atoms with Crippen LogP contribution in [0.25, 0.3) is 16.9 Å². The SMILES string of the molecule is CCN(CC)CCCC(C)NC(=O)c1ccc(-n2c(-c3ccccc3)cc3c2CCC(C)C3)cc1. The summed E-state index contributed by atoms with van der Waals surface area (Å²) >= 11 is 0. The van der Waals surface area contributed by atoms with E-state index in [0.29, 0.717) is 0 Å². The van der Waals surface area contributed by atoms with Crippen LogP contribution in [-0.4, -0.2) is 41.1 Å². The van der Waals surface area contributed by atoms with Crippen LogP contribution in [0.2, 0.25) is 0 Å². The second-order valence-electron chi connectivity index (χ2n) is 10.1. The highest BCUT2D eigenvalue weighted by atomic mass is 16.1. The molecular formula is C31H41N3O. The molecule has 0 aliphatic heterocycles. The third-order valence-corrected chi connectivity index (χ3v) is 7.48. The van der Waals surface area contributed by atoms with Gasteiger partial charge in [-0.2, -0.15) is 0 Å². The largest absolute Gasteiger partial charge is 0.350 e. The van der Waals surface area contributed by atoms with E-state index in [9.17, 15) is 4.79 Å². The zero-order valence-electron chi connectivity index (χ0n) is 21.9. The third-order valence-electron chi connectivity index (χ3n) is 7.48. The fourth-order valence-electron chi connectivity index (χ4n) is 5.33. The number of hydrogen-bond donors (Lipinski definition) is 1. The van der Waals surface area contributed by atoms with E-state index in [-0.39, 0.29) is 11.9 Å². The molecule has 3 aromatic rings. The Bertz CT molecular complexity index is 1100. The molecule has 2 aromatic carbocycles. The number of aromatic nitrogens is 1. The maximum absolute atomic E-state index is 12.9. The van der Waals surface area contributed by atoms with Gasteiger partial charge in [0.05, 0.1) is 5.69 Å². The predicted octanol–water partition coefficient (Wildman–Crippen LogP) is 6.51. The molecule has 0 saturated heterocycles. The van der Waals surface area contributed by atoms with Crippen molar-refractivity contribution in [3.8, 4) is 16.9 Å². The molecule has 1 N–H and O–H groups in total. The minimum atomic E-state index is 0.0125. The molecule has 2 atom stereocenters. The summed E-state index contributed by atoms with van der Waals surface area (Å²) in [6.45, 7) is 12.1. The molecule has 0 bridgehead atoms. The van der Waals surface area contributed by atoms with Crippen LogP contribution in [0.15, 0.2) is 60.7 Å². The Morgan fingerprint density at radius 2 is 1.80 bits per heavy atom. The van der Waals surface area contributed by atoms with Gasteiger partial charge in [-0.1, -0.05) is 51.1 Å². The van der Waals surface area contributed by atoms with Crippen LogP contribution in [0.4, 0.5) is 0 Å². The van der Waals surface area contributed by atoms with Crippen molar-refractivity contribution in [3.05, 3.63) is 77.5 Å². The van der Waals surface area contributed by atoms with Gasteiger partial charge in [0.1, 0.15) is 0 Å². The molecule has 0 radical (unpaired) electrons. The van der Waals surface area contributed by atoms with Crippen molar-refractivity contribution >= 4 is 5.91 Å². The number of nitrogens with zero attached hydrogens (tertiary/aromatic N) is 2. The van der Waals surface area contributed by atoms with E-state index in [2.05, 4.69) is 91.0 Å². The molecule has 0 saturated carbocycles. The monoisotopic (exact) mass is 471 g/mol. The zero-order valence-corrected chi connectivity index (χ0v) is 21.9. The van der Waals surface area contributed by atoms with E-state index >= 15 is 0 Å². The predicted molar refractivity (Wildman–Crippen MR) is 146 cm³/mol. The maximum Gasteiger partial charge on any atom is 0.251 e. The Balaban J connectivity index is 1.49. The second-order valence-corrected chi connectivity index (χ2v) is 10.1. The first-order chi connectivity index (χ1) is 17.0. The van der Waals surface area contributed by atoms with Crippen molar-refractivity contribution in [3.63, 3.8) is 0 Å². The van der Waals surface area contributed by atoms with Gasteiger partial charge in [0.15, 0.2) is 0 Å². The van der Waals surface area contributed by atoms with Gasteiger partial charge < -0.3 is 14.8 Å². The molecule has 2 unspecified atom stereocenters. The molecule has 1 heterocycles. The number of hydrogen-bond acceptors (Lipinski definition) is 2. The molecule has 35 heavy (non-hydrogen) atoms. The molecule has 4 nitrogen and oxygen atoms in total. The molecule has 1 aliphatic carbocycles. The highest BCUT2D eigenvalue weighted by Gasteiger charge is 2.23. The number of carbonyl (C=O) groups is 1. The molecule has 0 fully saturated rings. The Hall–Kier alpha value is -2.85. The number of rotatable bonds is 10. The van der Waals surface area contributed by atoms with Gasteiger partial charge in [-0.15, -0.1) is 0 Å². The summed E-state index contributed by atoms with van der Waals surface area (Å²) < 4.78 is 2.41. The maximum atomic E-state index is 12.9. The van der Waals surface area contributed by atoms with Crippen molar-refractivity contribution in [2.24, 2.45) is 5.92 Å². The highest BCUT2D eigenvalue weighted by molar-refractivity contribution is 5.94. The quantitative estimate of drug-likeness (QED) is 0.366. The van der Waals surface area contributed by atoms with E-state index < -0.39 is 0 Å². The van der Waals surface area contributed by atoms with Crippen LogP contribution < -0.4 is 5.32 Å². The zero-order chi connectivity index (χ0) is 24.8. The first kappa shape index (κ1) is 25.2. The van der Waals surface area contributed by atoms with Gasteiger partial charge >= 0.3 is 0 Å². The smallest absolute Gasteiger partial charge is 0.251 e. The summed E-state index contributed by atoms with van der Waals surface area (Å²) in [6.07, 6.45) is 5.54. The third kappa shape index (κ3) is 6.05. The number of carbonyl (C=O) groups excluding carboxylic acids is 1. The molecular weight excluding hydrogens is 430 g/mol. The van der Waals surface area contributed by atoms with E-state index in [4.69, 9.17) is 0 Å². The number of nitrogens with one attached hydrogen (secondary N) is 1. The lowest BCUT2D eigenvalue weighted by Crippen LogP contribution is -2.33. The summed E-state index contributed by atoms with van der Waals surface area (Å²) in [7, 11) is 0. The van der Waals surface area contributed by atoms with Crippen LogP contribution in [0, 0.1) is 5.92 Å². The molecule has 1 aliphatic rings. The Morgan fingerprint density at radius 1 is 1.09 bits per heavy atom. The standard InChI is InChI=1S/C31H41N3O/c1-5-33(6-2)20-10-11-24(4)32-31(35)26-15-17-28(18-16-26)34-29-19-14-23(3)21-27(29)22-30(34)25-12-8-7-9-13-25/h7-9,12-13,15-18,22-24H,5-6,10-11,14,19-21H2,1-4H3,(H,32,35). The lowest BCUT2D eigenvalue weighted by molar-refractivity contribution is 0.0937. The Morgan fingerprint density at radius 3 is 2.49 bits per heavy atom. The molecule has 4 rings (SSSR count). The van der Waals surface area contributed by atoms with Crippen molar-refractivity contribution in [1.29, 1.82) is 0 Å². The van der Waals surface area contributed by atoms with Crippen molar-refractivity contribution in [2.45, 2.75) is 65.8 Å². The van der Waals surface area contributed by atoms with Gasteiger partial charge in [0, 0.05) is 23.0 Å². The summed E-state index contributed by atoms with van der Waals surface area (Å²) in [5.41, 5.74) is 7.20. The fourth-order valence-corrected chi connectivity index (χ4v) is 5.33. The molecule has 1 amide bonds. The minimum Gasteiger partial charge on any atom is -0.350 e. The van der Waals surface area contributed by atoms with Gasteiger partial charge in [0.25, 0.3) is 5.91 Å². The topological polar surface area (TPSA) is 37.3 Å². The normalized spacial score (nSPS) is 16.2. The summed E-state index contributed by atoms with van der Waals surface area (Å²) in [4.78, 5) is 15.3.